The number of benzene rings is 2. The van der Waals surface area contributed by atoms with E-state index in [9.17, 15) is 38.9 Å². The van der Waals surface area contributed by atoms with Gasteiger partial charge in [-0.15, -0.1) is 0 Å². The topological polar surface area (TPSA) is 239 Å². The van der Waals surface area contributed by atoms with Crippen molar-refractivity contribution in [3.8, 4) is 0 Å². The predicted molar refractivity (Wildman–Crippen MR) is 139 cm³/mol. The molecule has 0 saturated heterocycles. The summed E-state index contributed by atoms with van der Waals surface area (Å²) in [4.78, 5) is -2.12. The molecule has 0 aromatic heterocycles. The van der Waals surface area contributed by atoms with E-state index in [-0.39, 0.29) is 142 Å². The summed E-state index contributed by atoms with van der Waals surface area (Å²) < 4.78 is 99.7. The summed E-state index contributed by atoms with van der Waals surface area (Å²) in [5.74, 6) is 0. The van der Waals surface area contributed by atoms with Crippen molar-refractivity contribution in [2.45, 2.75) is 16.7 Å². The summed E-state index contributed by atoms with van der Waals surface area (Å²) >= 11 is 0. The smallest absolute Gasteiger partial charge is 1.00 e. The molecule has 38 heavy (non-hydrogen) atoms. The molecular weight excluding hydrogens is 608 g/mol. The van der Waals surface area contributed by atoms with Crippen molar-refractivity contribution in [2.24, 2.45) is 0 Å². The minimum Gasteiger partial charge on any atom is -1.00 e. The second kappa shape index (κ2) is 13.7. The first-order valence-corrected chi connectivity index (χ1v) is 13.7. The van der Waals surface area contributed by atoms with Gasteiger partial charge in [-0.05, 0) is 71.2 Å². The monoisotopic (exact) mass is 631 g/mol. The van der Waals surface area contributed by atoms with Crippen LogP contribution < -0.4 is 70.6 Å². The Bertz CT molecular complexity index is 1650. The maximum atomic E-state index is 11.9. The van der Waals surface area contributed by atoms with E-state index >= 15 is 0 Å². The molecule has 0 aliphatic heterocycles. The zero-order chi connectivity index (χ0) is 26.5. The summed E-state index contributed by atoms with van der Waals surface area (Å²) in [6, 6.07) is 6.88. The maximum absolute atomic E-state index is 11.9. The van der Waals surface area contributed by atoms with E-state index in [1.54, 1.807) is 0 Å². The van der Waals surface area contributed by atoms with Crippen molar-refractivity contribution in [2.75, 3.05) is 11.5 Å². The summed E-state index contributed by atoms with van der Waals surface area (Å²) in [5.41, 5.74) is 10.4. The van der Waals surface area contributed by atoms with E-state index in [0.717, 1.165) is 30.3 Å². The Labute approximate surface area is 299 Å². The Balaban J connectivity index is -0.000000652. The number of allylic oxidation sites excluding steroid dienone is 5. The molecule has 0 atom stereocenters. The summed E-state index contributed by atoms with van der Waals surface area (Å²) in [6.45, 7) is 1.39. The van der Waals surface area contributed by atoms with Crippen LogP contribution in [-0.4, -0.2) is 82.4 Å². The van der Waals surface area contributed by atoms with Crippen molar-refractivity contribution in [1.82, 2.24) is 0 Å². The number of rotatable bonds is 5. The first-order valence-electron chi connectivity index (χ1n) is 9.37. The molecule has 12 nitrogen and oxygen atoms in total. The Morgan fingerprint density at radius 3 is 1.50 bits per heavy atom. The first-order chi connectivity index (χ1) is 15.9. The zero-order valence-corrected chi connectivity index (χ0v) is 29.2. The van der Waals surface area contributed by atoms with Crippen molar-refractivity contribution < 1.29 is 104 Å². The van der Waals surface area contributed by atoms with Gasteiger partial charge in [-0.2, -0.15) is 25.3 Å². The third-order valence-corrected chi connectivity index (χ3v) is 7.72. The molecular formula is C20H23CaN3Na2O9S3. The minimum atomic E-state index is -4.87. The molecule has 0 radical (unpaired) electrons. The second-order valence-electron chi connectivity index (χ2n) is 7.47. The van der Waals surface area contributed by atoms with Crippen LogP contribution in [0.4, 0.5) is 11.4 Å². The molecule has 2 aromatic carbocycles. The average molecular weight is 632 g/mol. The first kappa shape index (κ1) is 37.9. The van der Waals surface area contributed by atoms with E-state index in [1.807, 2.05) is 0 Å². The molecule has 0 fully saturated rings. The van der Waals surface area contributed by atoms with Gasteiger partial charge in [-0.1, -0.05) is 12.1 Å². The Kier molecular flexibility index (Phi) is 13.7. The maximum Gasteiger partial charge on any atom is 2.00 e. The van der Waals surface area contributed by atoms with Crippen molar-refractivity contribution in [3.05, 3.63) is 75.7 Å². The summed E-state index contributed by atoms with van der Waals surface area (Å²) in [6.07, 6.45) is 2.28. The molecule has 0 bridgehead atoms. The van der Waals surface area contributed by atoms with Crippen LogP contribution in [0, 0.1) is 5.41 Å². The number of hydrogen-bond acceptors (Lipinski definition) is 9. The van der Waals surface area contributed by atoms with E-state index in [4.69, 9.17) is 16.9 Å². The molecule has 194 valence electrons. The average Bonchev–Trinajstić information content (AvgIpc) is 2.70. The molecule has 8 N–H and O–H groups in total. The van der Waals surface area contributed by atoms with Crippen LogP contribution in [0.25, 0.3) is 5.57 Å². The van der Waals surface area contributed by atoms with Gasteiger partial charge in [0.1, 0.15) is 14.7 Å². The SMILES string of the molecule is CC1=CC(=C(c2ccc(N)c(S(=O)(=O)O)c2)c2ccc(N)c(S(=O)(=O)O)c2)C=C(S(=O)(=O)O)C1=N.[Ca+2].[H-].[H-].[H-].[H-].[Na+].[Na+]. The van der Waals surface area contributed by atoms with Crippen LogP contribution in [0.2, 0.25) is 0 Å². The van der Waals surface area contributed by atoms with Gasteiger partial charge in [0.2, 0.25) is 0 Å². The molecule has 1 aliphatic carbocycles. The van der Waals surface area contributed by atoms with Crippen LogP contribution in [0.5, 0.6) is 0 Å². The van der Waals surface area contributed by atoms with Gasteiger partial charge in [-0.25, -0.2) is 0 Å². The molecule has 1 aliphatic rings. The van der Waals surface area contributed by atoms with Gasteiger partial charge in [0.25, 0.3) is 30.4 Å². The Morgan fingerprint density at radius 1 is 0.763 bits per heavy atom. The molecule has 18 heteroatoms. The molecule has 0 amide bonds. The quantitative estimate of drug-likeness (QED) is 0.106. The molecule has 2 aromatic rings. The standard InChI is InChI=1S/C20H19N3O9S3.Ca.2Na.4H/c1-10-6-13(9-18(20(10)23)35(30,31)32)19(11-2-4-14(21)16(7-11)33(24,25)26)12-3-5-15(22)17(8-12)34(27,28)29;;;;;;;/h2-9,23H,21-22H2,1H3,(H,24,25,26)(H,27,28,29)(H,30,31,32);;;;;;;/q;+2;2*+1;4*-1. The van der Waals surface area contributed by atoms with Gasteiger partial charge >= 0.3 is 96.9 Å². The fraction of sp³-hybridized carbons (Fsp3) is 0.0500. The fourth-order valence-electron chi connectivity index (χ4n) is 3.43. The Morgan fingerprint density at radius 2 is 1.16 bits per heavy atom. The normalized spacial score (nSPS) is 13.8. The second-order valence-corrected chi connectivity index (χ2v) is 11.6. The fourth-order valence-corrected chi connectivity index (χ4v) is 5.41. The van der Waals surface area contributed by atoms with Crippen molar-refractivity contribution in [3.63, 3.8) is 0 Å². The van der Waals surface area contributed by atoms with Crippen molar-refractivity contribution in [1.29, 1.82) is 5.41 Å². The third-order valence-electron chi connectivity index (χ3n) is 5.03. The Hall–Kier alpha value is -0.0803. The van der Waals surface area contributed by atoms with Crippen molar-refractivity contribution >= 4 is 90.8 Å². The molecule has 0 spiro atoms. The molecule has 3 rings (SSSR count). The number of anilines is 2. The van der Waals surface area contributed by atoms with E-state index < -0.39 is 50.8 Å². The van der Waals surface area contributed by atoms with Gasteiger partial charge in [0.05, 0.1) is 17.1 Å². The van der Waals surface area contributed by atoms with Gasteiger partial charge in [0, 0.05) is 0 Å². The number of nitrogen functional groups attached to an aromatic ring is 2. The van der Waals surface area contributed by atoms with E-state index in [1.165, 1.54) is 25.1 Å². The number of nitrogens with two attached hydrogens (primary N) is 2. The largest absolute Gasteiger partial charge is 2.00 e. The van der Waals surface area contributed by atoms with Crippen LogP contribution in [0.3, 0.4) is 0 Å². The summed E-state index contributed by atoms with van der Waals surface area (Å²) in [7, 11) is -14.5. The minimum absolute atomic E-state index is 0. The zero-order valence-electron chi connectivity index (χ0n) is 24.5. The van der Waals surface area contributed by atoms with E-state index in [2.05, 4.69) is 0 Å². The van der Waals surface area contributed by atoms with Crippen LogP contribution >= 0.6 is 0 Å². The molecule has 0 unspecified atom stereocenters. The molecule has 0 heterocycles. The third kappa shape index (κ3) is 8.47. The number of hydrogen-bond donors (Lipinski definition) is 6. The van der Waals surface area contributed by atoms with Gasteiger partial charge in [0.15, 0.2) is 0 Å². The predicted octanol–water partition coefficient (Wildman–Crippen LogP) is -4.03. The summed E-state index contributed by atoms with van der Waals surface area (Å²) in [5, 5.41) is 7.98. The van der Waals surface area contributed by atoms with Crippen LogP contribution in [0.15, 0.2) is 74.4 Å². The van der Waals surface area contributed by atoms with E-state index in [0.29, 0.717) is 0 Å². The van der Waals surface area contributed by atoms with Gasteiger partial charge < -0.3 is 17.2 Å². The van der Waals surface area contributed by atoms with Crippen LogP contribution in [0.1, 0.15) is 23.8 Å². The van der Waals surface area contributed by atoms with Gasteiger partial charge in [-0.3, -0.25) is 19.1 Å². The van der Waals surface area contributed by atoms with Crippen LogP contribution in [-0.2, 0) is 30.4 Å². The number of nitrogens with one attached hydrogen (secondary N) is 1. The molecule has 0 saturated carbocycles.